The summed E-state index contributed by atoms with van der Waals surface area (Å²) in [6, 6.07) is 2.56. The molecule has 2 heterocycles. The quantitative estimate of drug-likeness (QED) is 0.254. The molecule has 0 unspecified atom stereocenters. The zero-order chi connectivity index (χ0) is 25.5. The Morgan fingerprint density at radius 2 is 1.69 bits per heavy atom. The third kappa shape index (κ3) is 4.85. The first kappa shape index (κ1) is 24.3. The number of esters is 1. The van der Waals surface area contributed by atoms with Crippen LogP contribution in [0.5, 0.6) is 40.2 Å². The molecule has 0 amide bonds. The maximum Gasteiger partial charge on any atom is 0.351 e. The van der Waals surface area contributed by atoms with Crippen LogP contribution in [-0.4, -0.2) is 26.9 Å². The van der Waals surface area contributed by atoms with Crippen LogP contribution in [0.3, 0.4) is 0 Å². The first-order chi connectivity index (χ1) is 16.5. The molecule has 3 N–H and O–H groups in total. The maximum absolute atomic E-state index is 13.1. The molecular formula is C28H30O7. The lowest BCUT2D eigenvalue weighted by Crippen LogP contribution is -2.27. The van der Waals surface area contributed by atoms with Gasteiger partial charge in [-0.3, -0.25) is 0 Å². The lowest BCUT2D eigenvalue weighted by Gasteiger charge is -2.29. The third-order valence-corrected chi connectivity index (χ3v) is 5.94. The van der Waals surface area contributed by atoms with Gasteiger partial charge in [0.15, 0.2) is 23.0 Å². The van der Waals surface area contributed by atoms with Crippen LogP contribution in [0, 0.1) is 0 Å². The minimum absolute atomic E-state index is 0.0567. The lowest BCUT2D eigenvalue weighted by molar-refractivity contribution is 0.0732. The normalized spacial score (nSPS) is 15.6. The van der Waals surface area contributed by atoms with E-state index in [1.54, 1.807) is 12.2 Å². The summed E-state index contributed by atoms with van der Waals surface area (Å²) in [6.07, 6.45) is 9.50. The highest BCUT2D eigenvalue weighted by atomic mass is 16.6. The lowest BCUT2D eigenvalue weighted by atomic mass is 10.0. The summed E-state index contributed by atoms with van der Waals surface area (Å²) < 4.78 is 17.3. The van der Waals surface area contributed by atoms with Gasteiger partial charge in [0.2, 0.25) is 0 Å². The maximum atomic E-state index is 13.1. The van der Waals surface area contributed by atoms with Gasteiger partial charge in [0.05, 0.1) is 5.56 Å². The predicted molar refractivity (Wildman–Crippen MR) is 133 cm³/mol. The molecule has 0 atom stereocenters. The smallest absolute Gasteiger partial charge is 0.351 e. The van der Waals surface area contributed by atoms with Crippen LogP contribution in [0.15, 0.2) is 41.5 Å². The molecule has 2 aliphatic heterocycles. The largest absolute Gasteiger partial charge is 0.507 e. The van der Waals surface area contributed by atoms with E-state index in [1.807, 2.05) is 40.7 Å². The van der Waals surface area contributed by atoms with Gasteiger partial charge in [0, 0.05) is 17.7 Å². The van der Waals surface area contributed by atoms with Crippen molar-refractivity contribution in [1.82, 2.24) is 0 Å². The molecule has 0 saturated carbocycles. The molecular weight excluding hydrogens is 448 g/mol. The number of hydrogen-bond acceptors (Lipinski definition) is 7. The minimum Gasteiger partial charge on any atom is -0.507 e. The van der Waals surface area contributed by atoms with Crippen molar-refractivity contribution in [1.29, 1.82) is 0 Å². The molecule has 0 saturated heterocycles. The predicted octanol–water partition coefficient (Wildman–Crippen LogP) is 6.55. The number of ether oxygens (including phenoxy) is 3. The second-order valence-corrected chi connectivity index (χ2v) is 9.67. The molecule has 184 valence electrons. The highest BCUT2D eigenvalue weighted by Crippen LogP contribution is 2.52. The van der Waals surface area contributed by atoms with Crippen LogP contribution in [0.2, 0.25) is 0 Å². The molecule has 4 rings (SSSR count). The minimum atomic E-state index is -0.840. The van der Waals surface area contributed by atoms with Crippen LogP contribution in [0.25, 0.3) is 6.08 Å². The zero-order valence-corrected chi connectivity index (χ0v) is 20.6. The van der Waals surface area contributed by atoms with Gasteiger partial charge >= 0.3 is 5.97 Å². The molecule has 35 heavy (non-hydrogen) atoms. The average molecular weight is 479 g/mol. The van der Waals surface area contributed by atoms with E-state index in [1.165, 1.54) is 17.7 Å². The number of phenols is 3. The van der Waals surface area contributed by atoms with Gasteiger partial charge in [-0.15, -0.1) is 0 Å². The molecule has 0 spiro atoms. The van der Waals surface area contributed by atoms with E-state index in [2.05, 4.69) is 6.08 Å². The number of allylic oxidation sites excluding steroid dienone is 4. The first-order valence-electron chi connectivity index (χ1n) is 11.5. The molecule has 0 aromatic heterocycles. The Balaban J connectivity index is 1.69. The summed E-state index contributed by atoms with van der Waals surface area (Å²) in [5, 5.41) is 32.1. The summed E-state index contributed by atoms with van der Waals surface area (Å²) in [7, 11) is 0. The molecule has 2 aromatic rings. The van der Waals surface area contributed by atoms with E-state index in [0.717, 1.165) is 18.4 Å². The Labute approximate surface area is 204 Å². The number of hydrogen-bond donors (Lipinski definition) is 3. The molecule has 0 fully saturated rings. The summed E-state index contributed by atoms with van der Waals surface area (Å²) >= 11 is 0. The summed E-state index contributed by atoms with van der Waals surface area (Å²) in [5.41, 5.74) is 2.04. The van der Waals surface area contributed by atoms with Gasteiger partial charge in [-0.25, -0.2) is 4.79 Å². The van der Waals surface area contributed by atoms with Crippen LogP contribution in [-0.2, 0) is 6.42 Å². The molecule has 0 aliphatic carbocycles. The number of aromatic hydroxyl groups is 3. The Kier molecular flexibility index (Phi) is 6.28. The highest BCUT2D eigenvalue weighted by Gasteiger charge is 2.35. The molecule has 2 aromatic carbocycles. The van der Waals surface area contributed by atoms with E-state index in [-0.39, 0.29) is 52.0 Å². The van der Waals surface area contributed by atoms with E-state index in [4.69, 9.17) is 14.2 Å². The Morgan fingerprint density at radius 1 is 0.971 bits per heavy atom. The van der Waals surface area contributed by atoms with Gasteiger partial charge in [-0.05, 0) is 66.0 Å². The first-order valence-corrected chi connectivity index (χ1v) is 11.5. The zero-order valence-electron chi connectivity index (χ0n) is 20.6. The van der Waals surface area contributed by atoms with Gasteiger partial charge in [0.25, 0.3) is 0 Å². The van der Waals surface area contributed by atoms with E-state index >= 15 is 0 Å². The van der Waals surface area contributed by atoms with Crippen molar-refractivity contribution < 1.29 is 34.3 Å². The summed E-state index contributed by atoms with van der Waals surface area (Å²) in [5.74, 6) is -1.43. The molecule has 7 heteroatoms. The van der Waals surface area contributed by atoms with Crippen LogP contribution in [0.1, 0.15) is 68.9 Å². The number of carbonyl (C=O) groups is 1. The Bertz CT molecular complexity index is 1290. The standard InChI is InChI=1S/C28H30O7/c1-15(2)7-6-8-16(3)9-10-17-19(29)13-21-23(24(17)31)27(32)34-26-18-11-12-28(4,5)35-25(18)20(30)14-22(26)33-21/h7,9,11-14,29-31H,6,8,10H2,1-5H3. The summed E-state index contributed by atoms with van der Waals surface area (Å²) in [6.45, 7) is 9.74. The number of rotatable bonds is 5. The fourth-order valence-electron chi connectivity index (χ4n) is 4.03. The molecule has 0 radical (unpaired) electrons. The second-order valence-electron chi connectivity index (χ2n) is 9.67. The van der Waals surface area contributed by atoms with Gasteiger partial charge in [0.1, 0.15) is 28.4 Å². The van der Waals surface area contributed by atoms with Crippen molar-refractivity contribution in [2.24, 2.45) is 0 Å². The van der Waals surface area contributed by atoms with E-state index in [9.17, 15) is 20.1 Å². The van der Waals surface area contributed by atoms with Crippen LogP contribution >= 0.6 is 0 Å². The van der Waals surface area contributed by atoms with Crippen molar-refractivity contribution in [3.05, 3.63) is 58.2 Å². The highest BCUT2D eigenvalue weighted by molar-refractivity contribution is 6.00. The van der Waals surface area contributed by atoms with Crippen molar-refractivity contribution in [2.45, 2.75) is 59.5 Å². The van der Waals surface area contributed by atoms with Crippen molar-refractivity contribution in [3.63, 3.8) is 0 Å². The monoisotopic (exact) mass is 478 g/mol. The van der Waals surface area contributed by atoms with E-state index in [0.29, 0.717) is 5.56 Å². The van der Waals surface area contributed by atoms with Gasteiger partial charge in [-0.1, -0.05) is 23.3 Å². The average Bonchev–Trinajstić information content (AvgIpc) is 2.88. The van der Waals surface area contributed by atoms with Crippen molar-refractivity contribution >= 4 is 12.0 Å². The number of fused-ring (bicyclic) bond motifs is 4. The molecule has 0 bridgehead atoms. The third-order valence-electron chi connectivity index (χ3n) is 5.94. The Morgan fingerprint density at radius 3 is 2.40 bits per heavy atom. The van der Waals surface area contributed by atoms with E-state index < -0.39 is 17.3 Å². The topological polar surface area (TPSA) is 105 Å². The van der Waals surface area contributed by atoms with Gasteiger partial charge in [-0.2, -0.15) is 0 Å². The fourth-order valence-corrected chi connectivity index (χ4v) is 4.03. The van der Waals surface area contributed by atoms with Crippen LogP contribution in [0.4, 0.5) is 0 Å². The number of phenolic OH excluding ortho intramolecular Hbond substituents is 3. The van der Waals surface area contributed by atoms with Crippen molar-refractivity contribution in [2.75, 3.05) is 0 Å². The number of carbonyl (C=O) groups excluding carboxylic acids is 1. The Hall–Kier alpha value is -3.87. The second kappa shape index (κ2) is 9.06. The molecule has 2 aliphatic rings. The SMILES string of the molecule is CC(C)=CCCC(C)=CCc1c(O)cc2c(c1O)C(=O)Oc1c(cc(O)c3c1C=CC(C)(C)O3)O2. The number of benzene rings is 2. The fraction of sp³-hybridized carbons (Fsp3) is 0.321. The molecule has 7 nitrogen and oxygen atoms in total. The van der Waals surface area contributed by atoms with Gasteiger partial charge < -0.3 is 29.5 Å². The van der Waals surface area contributed by atoms with Crippen molar-refractivity contribution in [3.8, 4) is 40.2 Å². The summed E-state index contributed by atoms with van der Waals surface area (Å²) in [4.78, 5) is 13.1. The van der Waals surface area contributed by atoms with Crippen LogP contribution < -0.4 is 14.2 Å².